The third-order valence-electron chi connectivity index (χ3n) is 6.37. The Morgan fingerprint density at radius 2 is 1.88 bits per heavy atom. The van der Waals surface area contributed by atoms with Crippen molar-refractivity contribution in [1.82, 2.24) is 9.80 Å². The molecule has 1 heterocycles. The van der Waals surface area contributed by atoms with Gasteiger partial charge < -0.3 is 16.6 Å². The van der Waals surface area contributed by atoms with Crippen molar-refractivity contribution in [1.29, 1.82) is 0 Å². The number of carbonyl (C=O) groups is 1. The van der Waals surface area contributed by atoms with Gasteiger partial charge in [0, 0.05) is 52.7 Å². The molecule has 0 unspecified atom stereocenters. The maximum Gasteiger partial charge on any atom is 0.0823 e. The maximum absolute atomic E-state index is 11.4. The fourth-order valence-electron chi connectivity index (χ4n) is 4.81. The molecule has 0 spiro atoms. The van der Waals surface area contributed by atoms with E-state index in [2.05, 4.69) is 49.9 Å². The van der Waals surface area contributed by atoms with Crippen molar-refractivity contribution < 1.29 is 25.9 Å². The van der Waals surface area contributed by atoms with E-state index < -0.39 is 0 Å². The van der Waals surface area contributed by atoms with Crippen LogP contribution in [0.25, 0.3) is 0 Å². The van der Waals surface area contributed by atoms with Crippen molar-refractivity contribution in [2.75, 3.05) is 20.1 Å². The zero-order valence-corrected chi connectivity index (χ0v) is 19.5. The van der Waals surface area contributed by atoms with Crippen molar-refractivity contribution in [3.8, 4) is 0 Å². The van der Waals surface area contributed by atoms with Crippen molar-refractivity contribution in [3.05, 3.63) is 42.3 Å². The average Bonchev–Trinajstić information content (AvgIpc) is 2.59. The van der Waals surface area contributed by atoms with Crippen LogP contribution in [-0.2, 0) is 37.8 Å². The second kappa shape index (κ2) is 8.93. The molecule has 3 rings (SSSR count). The molecule has 144 valence electrons. The van der Waals surface area contributed by atoms with Gasteiger partial charge >= 0.3 is 0 Å². The normalized spacial score (nSPS) is 25.0. The molecule has 0 bridgehead atoms. The van der Waals surface area contributed by atoms with E-state index in [1.165, 1.54) is 36.9 Å². The van der Waals surface area contributed by atoms with Gasteiger partial charge in [0.2, 0.25) is 0 Å². The van der Waals surface area contributed by atoms with Crippen LogP contribution < -0.4 is 0 Å². The molecule has 1 aliphatic heterocycles. The molecule has 2 aliphatic rings. The predicted molar refractivity (Wildman–Crippen MR) is 103 cm³/mol. The summed E-state index contributed by atoms with van der Waals surface area (Å²) in [6.45, 7) is 11.7. The topological polar surface area (TPSA) is 23.6 Å². The van der Waals surface area contributed by atoms with Gasteiger partial charge in [-0.15, -0.1) is 0 Å². The van der Waals surface area contributed by atoms with Crippen LogP contribution in [0.1, 0.15) is 57.1 Å². The van der Waals surface area contributed by atoms with Crippen molar-refractivity contribution in [2.45, 2.75) is 64.0 Å². The summed E-state index contributed by atoms with van der Waals surface area (Å²) < 4.78 is 0. The summed E-state index contributed by atoms with van der Waals surface area (Å²) in [7, 11) is 1.90. The molecule has 0 aromatic heterocycles. The summed E-state index contributed by atoms with van der Waals surface area (Å²) in [5.74, 6) is 0.766. The van der Waals surface area contributed by atoms with Gasteiger partial charge in [-0.25, -0.2) is 0 Å². The molecule has 1 fully saturated rings. The van der Waals surface area contributed by atoms with Crippen molar-refractivity contribution in [2.24, 2.45) is 5.92 Å². The Kier molecular flexibility index (Phi) is 7.39. The van der Waals surface area contributed by atoms with Gasteiger partial charge in [-0.1, -0.05) is 38.1 Å². The van der Waals surface area contributed by atoms with Crippen LogP contribution in [-0.4, -0.2) is 41.9 Å². The van der Waals surface area contributed by atoms with E-state index >= 15 is 0 Å². The van der Waals surface area contributed by atoms with E-state index in [-0.39, 0.29) is 32.4 Å². The zero-order valence-electron chi connectivity index (χ0n) is 16.5. The number of amides is 1. The first-order valence-corrected chi connectivity index (χ1v) is 9.76. The van der Waals surface area contributed by atoms with Gasteiger partial charge in [0.25, 0.3) is 0 Å². The van der Waals surface area contributed by atoms with Crippen LogP contribution in [0, 0.1) is 12.8 Å². The minimum atomic E-state index is -0.0438. The Bertz CT molecular complexity index is 608. The molecular weight excluding hydrogens is 492 g/mol. The first-order chi connectivity index (χ1) is 11.9. The van der Waals surface area contributed by atoms with Crippen LogP contribution >= 0.6 is 0 Å². The third kappa shape index (κ3) is 4.93. The van der Waals surface area contributed by atoms with E-state index in [9.17, 15) is 4.79 Å². The molecular formula is C22H33N2OW-. The molecule has 1 aromatic rings. The molecule has 26 heavy (non-hydrogen) atoms. The van der Waals surface area contributed by atoms with Crippen LogP contribution in [0.15, 0.2) is 24.3 Å². The summed E-state index contributed by atoms with van der Waals surface area (Å²) in [4.78, 5) is 15.9. The number of hydrogen-bond donors (Lipinski definition) is 0. The Hall–Kier alpha value is -0.792. The second-order valence-electron chi connectivity index (χ2n) is 8.72. The molecule has 4 heteroatoms. The van der Waals surface area contributed by atoms with Gasteiger partial charge in [0.05, 0.1) is 5.91 Å². The summed E-state index contributed by atoms with van der Waals surface area (Å²) in [5, 5.41) is 0. The van der Waals surface area contributed by atoms with Gasteiger partial charge in [-0.05, 0) is 55.7 Å². The van der Waals surface area contributed by atoms with E-state index in [1.54, 1.807) is 0 Å². The Morgan fingerprint density at radius 3 is 2.54 bits per heavy atom. The quantitative estimate of drug-likeness (QED) is 0.555. The standard InChI is InChI=1S/C22H33N2O.W/c1-17(25)23(4)20-11-9-18(10-12-20)13-14-24-15-19-7-5-6-8-21(19)22(2,3)16-24;/h5-8,18,20H,1,9-16H2,2-4H3;/q-1;. The van der Waals surface area contributed by atoms with E-state index in [0.29, 0.717) is 6.04 Å². The SMILES string of the molecule is [CH2-]C(=O)N(C)C1CCC(CCN2Cc3ccccc3C(C)(C)C2)CC1.[W]. The Labute approximate surface area is 173 Å². The van der Waals surface area contributed by atoms with Gasteiger partial charge in [-0.2, -0.15) is 0 Å². The fourth-order valence-corrected chi connectivity index (χ4v) is 4.81. The van der Waals surface area contributed by atoms with Crippen LogP contribution in [0.4, 0.5) is 0 Å². The number of rotatable bonds is 4. The van der Waals surface area contributed by atoms with Crippen LogP contribution in [0.2, 0.25) is 0 Å². The second-order valence-corrected chi connectivity index (χ2v) is 8.72. The van der Waals surface area contributed by atoms with Gasteiger partial charge in [0.15, 0.2) is 0 Å². The van der Waals surface area contributed by atoms with Crippen molar-refractivity contribution >= 4 is 5.91 Å². The average molecular weight is 525 g/mol. The molecule has 1 aromatic carbocycles. The summed E-state index contributed by atoms with van der Waals surface area (Å²) in [5.41, 5.74) is 3.26. The first-order valence-electron chi connectivity index (χ1n) is 9.76. The maximum atomic E-state index is 11.4. The van der Waals surface area contributed by atoms with Crippen LogP contribution in [0.3, 0.4) is 0 Å². The monoisotopic (exact) mass is 525 g/mol. The molecule has 1 saturated carbocycles. The number of carbonyl (C=O) groups excluding carboxylic acids is 1. The number of fused-ring (bicyclic) bond motifs is 1. The van der Waals surface area contributed by atoms with E-state index in [1.807, 2.05) is 11.9 Å². The molecule has 1 aliphatic carbocycles. The van der Waals surface area contributed by atoms with Crippen LogP contribution in [0.5, 0.6) is 0 Å². The van der Waals surface area contributed by atoms with Gasteiger partial charge in [-0.3, -0.25) is 4.90 Å². The van der Waals surface area contributed by atoms with Crippen molar-refractivity contribution in [3.63, 3.8) is 0 Å². The third-order valence-corrected chi connectivity index (χ3v) is 6.37. The number of nitrogens with zero attached hydrogens (tertiary/aromatic N) is 2. The van der Waals surface area contributed by atoms with E-state index in [0.717, 1.165) is 31.8 Å². The molecule has 0 atom stereocenters. The summed E-state index contributed by atoms with van der Waals surface area (Å²) in [6.07, 6.45) is 6.05. The first kappa shape index (κ1) is 21.5. The Morgan fingerprint density at radius 1 is 1.23 bits per heavy atom. The minimum Gasteiger partial charge on any atom is -0.368 e. The summed E-state index contributed by atoms with van der Waals surface area (Å²) in [6, 6.07) is 9.33. The predicted octanol–water partition coefficient (Wildman–Crippen LogP) is 4.02. The fraction of sp³-hybridized carbons (Fsp3) is 0.636. The molecule has 3 nitrogen and oxygen atoms in total. The molecule has 0 saturated heterocycles. The molecule has 1 amide bonds. The minimum absolute atomic E-state index is 0. The molecule has 0 radical (unpaired) electrons. The number of benzene rings is 1. The largest absolute Gasteiger partial charge is 0.368 e. The smallest absolute Gasteiger partial charge is 0.0823 e. The van der Waals surface area contributed by atoms with Gasteiger partial charge in [0.1, 0.15) is 0 Å². The zero-order chi connectivity index (χ0) is 18.0. The number of hydrogen-bond acceptors (Lipinski definition) is 2. The van der Waals surface area contributed by atoms with E-state index in [4.69, 9.17) is 0 Å². The summed E-state index contributed by atoms with van der Waals surface area (Å²) >= 11 is 0. The molecule has 0 N–H and O–H groups in total. The Balaban J connectivity index is 0.00000243.